The van der Waals surface area contributed by atoms with Crippen LogP contribution in [0.15, 0.2) is 46.3 Å². The van der Waals surface area contributed by atoms with E-state index in [-0.39, 0.29) is 34.6 Å². The number of thiazole rings is 1. The molecule has 0 atom stereocenters. The third kappa shape index (κ3) is 5.10. The summed E-state index contributed by atoms with van der Waals surface area (Å²) in [5.41, 5.74) is 0.798. The lowest BCUT2D eigenvalue weighted by molar-refractivity contribution is -0.143. The SMILES string of the molecule is CCOC(=O)Cn1c(=NC(=O)Cc2ccc(SC)cc2)sc2cc(F)cc(F)c21. The molecule has 0 aliphatic carbocycles. The Morgan fingerprint density at radius 3 is 2.59 bits per heavy atom. The Morgan fingerprint density at radius 1 is 1.21 bits per heavy atom. The first kappa shape index (κ1) is 21.2. The number of carbonyl (C=O) groups excluding carboxylic acids is 2. The fraction of sp³-hybridized carbons (Fsp3) is 0.250. The summed E-state index contributed by atoms with van der Waals surface area (Å²) in [7, 11) is 0. The summed E-state index contributed by atoms with van der Waals surface area (Å²) >= 11 is 2.54. The van der Waals surface area contributed by atoms with Crippen LogP contribution in [-0.2, 0) is 27.3 Å². The van der Waals surface area contributed by atoms with Gasteiger partial charge in [0.25, 0.3) is 5.91 Å². The second kappa shape index (κ2) is 9.32. The Kier molecular flexibility index (Phi) is 6.81. The number of halogens is 2. The summed E-state index contributed by atoms with van der Waals surface area (Å²) in [5.74, 6) is -2.63. The Morgan fingerprint density at radius 2 is 1.93 bits per heavy atom. The molecule has 2 aromatic carbocycles. The lowest BCUT2D eigenvalue weighted by Crippen LogP contribution is -2.23. The number of esters is 1. The first-order chi connectivity index (χ1) is 13.9. The maximum absolute atomic E-state index is 14.4. The van der Waals surface area contributed by atoms with Gasteiger partial charge in [-0.25, -0.2) is 8.78 Å². The van der Waals surface area contributed by atoms with E-state index < -0.39 is 23.5 Å². The van der Waals surface area contributed by atoms with E-state index in [4.69, 9.17) is 4.74 Å². The monoisotopic (exact) mass is 436 g/mol. The molecular weight excluding hydrogens is 418 g/mol. The van der Waals surface area contributed by atoms with Crippen molar-refractivity contribution in [2.24, 2.45) is 4.99 Å². The maximum atomic E-state index is 14.4. The van der Waals surface area contributed by atoms with E-state index >= 15 is 0 Å². The molecule has 0 aliphatic rings. The number of hydrogen-bond donors (Lipinski definition) is 0. The molecule has 0 N–H and O–H groups in total. The second-order valence-electron chi connectivity index (χ2n) is 6.04. The molecule has 0 unspecified atom stereocenters. The number of fused-ring (bicyclic) bond motifs is 1. The molecule has 0 aliphatic heterocycles. The number of benzene rings is 2. The largest absolute Gasteiger partial charge is 0.465 e. The quantitative estimate of drug-likeness (QED) is 0.434. The van der Waals surface area contributed by atoms with Crippen LogP contribution in [0.1, 0.15) is 12.5 Å². The number of ether oxygens (including phenoxy) is 1. The van der Waals surface area contributed by atoms with Crippen molar-refractivity contribution in [3.05, 3.63) is 58.4 Å². The molecule has 0 saturated carbocycles. The van der Waals surface area contributed by atoms with Crippen LogP contribution in [0.4, 0.5) is 8.78 Å². The second-order valence-corrected chi connectivity index (χ2v) is 7.93. The van der Waals surface area contributed by atoms with Gasteiger partial charge in [-0.3, -0.25) is 9.59 Å². The molecule has 0 fully saturated rings. The number of rotatable bonds is 6. The molecule has 0 bridgehead atoms. The zero-order chi connectivity index (χ0) is 21.0. The van der Waals surface area contributed by atoms with Crippen molar-refractivity contribution < 1.29 is 23.1 Å². The van der Waals surface area contributed by atoms with Crippen molar-refractivity contribution in [2.75, 3.05) is 12.9 Å². The van der Waals surface area contributed by atoms with Gasteiger partial charge in [0.1, 0.15) is 12.4 Å². The van der Waals surface area contributed by atoms with Gasteiger partial charge in [-0.15, -0.1) is 11.8 Å². The van der Waals surface area contributed by atoms with Crippen LogP contribution in [0.5, 0.6) is 0 Å². The van der Waals surface area contributed by atoms with Crippen molar-refractivity contribution in [2.45, 2.75) is 24.8 Å². The van der Waals surface area contributed by atoms with Crippen molar-refractivity contribution >= 4 is 45.2 Å². The third-order valence-corrected chi connectivity index (χ3v) is 5.79. The highest BCUT2D eigenvalue weighted by Gasteiger charge is 2.17. The van der Waals surface area contributed by atoms with Gasteiger partial charge in [0.2, 0.25) is 0 Å². The summed E-state index contributed by atoms with van der Waals surface area (Å²) in [6, 6.07) is 9.38. The minimum Gasteiger partial charge on any atom is -0.465 e. The van der Waals surface area contributed by atoms with Gasteiger partial charge >= 0.3 is 5.97 Å². The summed E-state index contributed by atoms with van der Waals surface area (Å²) in [6.07, 6.45) is 2.01. The number of thioether (sulfide) groups is 1. The highest BCUT2D eigenvalue weighted by Crippen LogP contribution is 2.22. The van der Waals surface area contributed by atoms with E-state index in [2.05, 4.69) is 4.99 Å². The zero-order valence-corrected chi connectivity index (χ0v) is 17.4. The lowest BCUT2D eigenvalue weighted by atomic mass is 10.1. The van der Waals surface area contributed by atoms with Gasteiger partial charge in [-0.05, 0) is 36.9 Å². The number of hydrogen-bond acceptors (Lipinski definition) is 5. The highest BCUT2D eigenvalue weighted by molar-refractivity contribution is 7.98. The van der Waals surface area contributed by atoms with Crippen LogP contribution in [0.2, 0.25) is 0 Å². The molecule has 1 heterocycles. The molecule has 3 rings (SSSR count). The smallest absolute Gasteiger partial charge is 0.326 e. The molecule has 0 saturated heterocycles. The average molecular weight is 437 g/mol. The molecule has 29 heavy (non-hydrogen) atoms. The Balaban J connectivity index is 2.00. The number of aromatic nitrogens is 1. The molecule has 1 aromatic heterocycles. The van der Waals surface area contributed by atoms with Crippen LogP contribution >= 0.6 is 23.1 Å². The van der Waals surface area contributed by atoms with Crippen molar-refractivity contribution in [1.82, 2.24) is 4.57 Å². The van der Waals surface area contributed by atoms with Gasteiger partial charge in [0.05, 0.1) is 23.2 Å². The van der Waals surface area contributed by atoms with Crippen molar-refractivity contribution in [1.29, 1.82) is 0 Å². The third-order valence-electron chi connectivity index (χ3n) is 4.02. The van der Waals surface area contributed by atoms with E-state index in [1.807, 2.05) is 30.5 Å². The van der Waals surface area contributed by atoms with E-state index in [0.29, 0.717) is 0 Å². The normalized spacial score (nSPS) is 11.8. The van der Waals surface area contributed by atoms with Crippen molar-refractivity contribution in [3.8, 4) is 0 Å². The Labute approximate surface area is 174 Å². The summed E-state index contributed by atoms with van der Waals surface area (Å²) < 4.78 is 34.4. The minimum atomic E-state index is -0.831. The number of carbonyl (C=O) groups is 2. The van der Waals surface area contributed by atoms with Crippen molar-refractivity contribution in [3.63, 3.8) is 0 Å². The standard InChI is InChI=1S/C20H18F2N2O3S2/c1-3-27-18(26)11-24-19-15(22)9-13(21)10-16(19)29-20(24)23-17(25)8-12-4-6-14(28-2)7-5-12/h4-7,9-10H,3,8,11H2,1-2H3. The Hall–Kier alpha value is -2.52. The van der Waals surface area contributed by atoms with Crippen LogP contribution in [0.25, 0.3) is 10.2 Å². The topological polar surface area (TPSA) is 60.7 Å². The molecule has 0 radical (unpaired) electrons. The van der Waals surface area contributed by atoms with Crippen LogP contribution in [0, 0.1) is 11.6 Å². The van der Waals surface area contributed by atoms with E-state index in [1.165, 1.54) is 4.57 Å². The predicted molar refractivity (Wildman–Crippen MR) is 109 cm³/mol. The molecule has 5 nitrogen and oxygen atoms in total. The predicted octanol–water partition coefficient (Wildman–Crippen LogP) is 3.94. The molecular formula is C20H18F2N2O3S2. The number of nitrogens with zero attached hydrogens (tertiary/aromatic N) is 2. The average Bonchev–Trinajstić information content (AvgIpc) is 2.99. The van der Waals surface area contributed by atoms with Gasteiger partial charge in [0.15, 0.2) is 10.6 Å². The number of amides is 1. The fourth-order valence-electron chi connectivity index (χ4n) is 2.76. The molecule has 9 heteroatoms. The highest BCUT2D eigenvalue weighted by atomic mass is 32.2. The molecule has 1 amide bonds. The van der Waals surface area contributed by atoms with E-state index in [9.17, 15) is 18.4 Å². The molecule has 152 valence electrons. The summed E-state index contributed by atoms with van der Waals surface area (Å²) in [6.45, 7) is 1.49. The van der Waals surface area contributed by atoms with Gasteiger partial charge in [0, 0.05) is 11.0 Å². The fourth-order valence-corrected chi connectivity index (χ4v) is 4.26. The molecule has 3 aromatic rings. The van der Waals surface area contributed by atoms with Gasteiger partial charge < -0.3 is 9.30 Å². The first-order valence-electron chi connectivity index (χ1n) is 8.75. The van der Waals surface area contributed by atoms with E-state index in [0.717, 1.165) is 33.9 Å². The molecule has 0 spiro atoms. The lowest BCUT2D eigenvalue weighted by Gasteiger charge is -2.06. The van der Waals surface area contributed by atoms with Crippen LogP contribution in [-0.4, -0.2) is 29.3 Å². The van der Waals surface area contributed by atoms with Gasteiger partial charge in [-0.1, -0.05) is 23.5 Å². The summed E-state index contributed by atoms with van der Waals surface area (Å²) in [5, 5.41) is 0. The minimum absolute atomic E-state index is 0.0142. The zero-order valence-electron chi connectivity index (χ0n) is 15.8. The van der Waals surface area contributed by atoms with E-state index in [1.54, 1.807) is 18.7 Å². The Bertz CT molecular complexity index is 1120. The van der Waals surface area contributed by atoms with Crippen LogP contribution in [0.3, 0.4) is 0 Å². The van der Waals surface area contributed by atoms with Crippen LogP contribution < -0.4 is 4.80 Å². The maximum Gasteiger partial charge on any atom is 0.326 e. The summed E-state index contributed by atoms with van der Waals surface area (Å²) in [4.78, 5) is 29.7. The van der Waals surface area contributed by atoms with Gasteiger partial charge in [-0.2, -0.15) is 4.99 Å². The first-order valence-corrected chi connectivity index (χ1v) is 10.8.